The molecule has 0 unspecified atom stereocenters. The zero-order chi connectivity index (χ0) is 19.3. The molecule has 0 spiro atoms. The molecule has 0 atom stereocenters. The number of nitrogens with two attached hydrogens (primary N) is 1. The van der Waals surface area contributed by atoms with Crippen LogP contribution in [0.15, 0.2) is 48.7 Å². The lowest BCUT2D eigenvalue weighted by atomic mass is 9.93. The molecule has 4 rings (SSSR count). The van der Waals surface area contributed by atoms with Crippen LogP contribution in [0.5, 0.6) is 5.75 Å². The molecule has 28 heavy (non-hydrogen) atoms. The molecule has 6 nitrogen and oxygen atoms in total. The van der Waals surface area contributed by atoms with Crippen LogP contribution in [0, 0.1) is 0 Å². The fraction of sp³-hybridized carbons (Fsp3) is 0.364. The van der Waals surface area contributed by atoms with Gasteiger partial charge in [0.25, 0.3) is 0 Å². The molecule has 6 heteroatoms. The van der Waals surface area contributed by atoms with Crippen molar-refractivity contribution in [1.29, 1.82) is 0 Å². The van der Waals surface area contributed by atoms with Crippen molar-refractivity contribution in [3.05, 3.63) is 48.7 Å². The number of rotatable bonds is 6. The zero-order valence-corrected chi connectivity index (χ0v) is 15.8. The Morgan fingerprint density at radius 2 is 1.86 bits per heavy atom. The van der Waals surface area contributed by atoms with Crippen LogP contribution in [0.25, 0.3) is 22.0 Å². The van der Waals surface area contributed by atoms with Gasteiger partial charge >= 0.3 is 0 Å². The zero-order valence-electron chi connectivity index (χ0n) is 15.8. The number of aromatic nitrogens is 2. The van der Waals surface area contributed by atoms with Crippen LogP contribution >= 0.6 is 0 Å². The standard InChI is InChI=1S/C22H26N4O2/c23-12-13-28-19-10-4-15(5-11-19)20-3-1-2-16-14-24-22(26-21(16)20)25-17-6-8-18(27)9-7-17/h1-5,10-11,14,17-18,27H,6-9,12-13,23H2,(H,24,25,26). The smallest absolute Gasteiger partial charge is 0.223 e. The van der Waals surface area contributed by atoms with Gasteiger partial charge in [0.1, 0.15) is 12.4 Å². The summed E-state index contributed by atoms with van der Waals surface area (Å²) in [5.74, 6) is 1.45. The molecule has 0 amide bonds. The fourth-order valence-corrected chi connectivity index (χ4v) is 3.67. The summed E-state index contributed by atoms with van der Waals surface area (Å²) < 4.78 is 5.57. The molecule has 1 fully saturated rings. The SMILES string of the molecule is NCCOc1ccc(-c2cccc3cnc(NC4CCC(O)CC4)nc23)cc1. The predicted octanol–water partition coefficient (Wildman–Crippen LogP) is 3.35. The van der Waals surface area contributed by atoms with Gasteiger partial charge in [0.05, 0.1) is 11.6 Å². The van der Waals surface area contributed by atoms with Crippen LogP contribution < -0.4 is 15.8 Å². The van der Waals surface area contributed by atoms with Gasteiger partial charge in [-0.3, -0.25) is 0 Å². The third-order valence-electron chi connectivity index (χ3n) is 5.19. The van der Waals surface area contributed by atoms with Crippen LogP contribution in [0.3, 0.4) is 0 Å². The Bertz CT molecular complexity index is 921. The number of aliphatic hydroxyl groups is 1. The van der Waals surface area contributed by atoms with Crippen molar-refractivity contribution in [1.82, 2.24) is 9.97 Å². The minimum Gasteiger partial charge on any atom is -0.492 e. The number of aliphatic hydroxyl groups excluding tert-OH is 1. The minimum atomic E-state index is -0.168. The van der Waals surface area contributed by atoms with E-state index in [4.69, 9.17) is 15.5 Å². The van der Waals surface area contributed by atoms with Gasteiger partial charge in [0, 0.05) is 29.7 Å². The van der Waals surface area contributed by atoms with Crippen molar-refractivity contribution >= 4 is 16.9 Å². The second-order valence-electron chi connectivity index (χ2n) is 7.25. The van der Waals surface area contributed by atoms with E-state index in [0.717, 1.165) is 53.5 Å². The second kappa shape index (κ2) is 8.54. The van der Waals surface area contributed by atoms with Gasteiger partial charge in [-0.2, -0.15) is 0 Å². The van der Waals surface area contributed by atoms with E-state index in [2.05, 4.69) is 16.4 Å². The van der Waals surface area contributed by atoms with Crippen molar-refractivity contribution in [2.45, 2.75) is 37.8 Å². The number of nitrogens with zero attached hydrogens (tertiary/aromatic N) is 2. The molecule has 1 aromatic heterocycles. The van der Waals surface area contributed by atoms with Crippen molar-refractivity contribution in [2.24, 2.45) is 5.73 Å². The molecule has 0 aliphatic heterocycles. The second-order valence-corrected chi connectivity index (χ2v) is 7.25. The number of hydrogen-bond donors (Lipinski definition) is 3. The number of anilines is 1. The van der Waals surface area contributed by atoms with E-state index in [9.17, 15) is 5.11 Å². The van der Waals surface area contributed by atoms with E-state index in [1.165, 1.54) is 0 Å². The lowest BCUT2D eigenvalue weighted by Gasteiger charge is -2.26. The predicted molar refractivity (Wildman–Crippen MR) is 111 cm³/mol. The first kappa shape index (κ1) is 18.7. The molecule has 3 aromatic rings. The fourth-order valence-electron chi connectivity index (χ4n) is 3.67. The van der Waals surface area contributed by atoms with Crippen LogP contribution in [-0.2, 0) is 0 Å². The molecule has 1 heterocycles. The molecule has 2 aromatic carbocycles. The van der Waals surface area contributed by atoms with Crippen LogP contribution in [-0.4, -0.2) is 40.4 Å². The molecule has 1 aliphatic carbocycles. The largest absolute Gasteiger partial charge is 0.492 e. The topological polar surface area (TPSA) is 93.3 Å². The molecule has 4 N–H and O–H groups in total. The Kier molecular flexibility index (Phi) is 5.69. The highest BCUT2D eigenvalue weighted by molar-refractivity contribution is 5.93. The summed E-state index contributed by atoms with van der Waals surface area (Å²) in [6.45, 7) is 1.01. The number of nitrogens with one attached hydrogen (secondary N) is 1. The summed E-state index contributed by atoms with van der Waals surface area (Å²) in [5, 5.41) is 14.1. The third kappa shape index (κ3) is 4.24. The van der Waals surface area contributed by atoms with Gasteiger partial charge in [0.2, 0.25) is 5.95 Å². The van der Waals surface area contributed by atoms with Crippen molar-refractivity contribution in [2.75, 3.05) is 18.5 Å². The maximum absolute atomic E-state index is 9.69. The van der Waals surface area contributed by atoms with Crippen LogP contribution in [0.1, 0.15) is 25.7 Å². The van der Waals surface area contributed by atoms with Gasteiger partial charge in [-0.05, 0) is 43.4 Å². The number of hydrogen-bond acceptors (Lipinski definition) is 6. The molecule has 1 saturated carbocycles. The molecular formula is C22H26N4O2. The summed E-state index contributed by atoms with van der Waals surface area (Å²) in [5.41, 5.74) is 8.55. The van der Waals surface area contributed by atoms with Gasteiger partial charge in [0.15, 0.2) is 0 Å². The summed E-state index contributed by atoms with van der Waals surface area (Å²) in [7, 11) is 0. The number of para-hydroxylation sites is 1. The summed E-state index contributed by atoms with van der Waals surface area (Å²) in [6.07, 6.45) is 5.23. The van der Waals surface area contributed by atoms with Crippen molar-refractivity contribution in [3.8, 4) is 16.9 Å². The Hall–Kier alpha value is -2.70. The van der Waals surface area contributed by atoms with E-state index in [0.29, 0.717) is 25.1 Å². The highest BCUT2D eigenvalue weighted by Crippen LogP contribution is 2.29. The first-order valence-electron chi connectivity index (χ1n) is 9.86. The summed E-state index contributed by atoms with van der Waals surface area (Å²) in [6, 6.07) is 14.4. The van der Waals surface area contributed by atoms with Crippen molar-refractivity contribution < 1.29 is 9.84 Å². The highest BCUT2D eigenvalue weighted by Gasteiger charge is 2.20. The maximum Gasteiger partial charge on any atom is 0.223 e. The van der Waals surface area contributed by atoms with E-state index in [1.54, 1.807) is 0 Å². The van der Waals surface area contributed by atoms with Gasteiger partial charge < -0.3 is 20.9 Å². The van der Waals surface area contributed by atoms with E-state index < -0.39 is 0 Å². The van der Waals surface area contributed by atoms with E-state index in [-0.39, 0.29) is 6.10 Å². The first-order valence-corrected chi connectivity index (χ1v) is 9.86. The van der Waals surface area contributed by atoms with Crippen LogP contribution in [0.4, 0.5) is 5.95 Å². The first-order chi connectivity index (χ1) is 13.7. The molecule has 0 bridgehead atoms. The van der Waals surface area contributed by atoms with Gasteiger partial charge in [-0.1, -0.05) is 30.3 Å². The number of ether oxygens (including phenoxy) is 1. The average Bonchev–Trinajstić information content (AvgIpc) is 2.74. The lowest BCUT2D eigenvalue weighted by Crippen LogP contribution is -2.28. The molecule has 1 aliphatic rings. The number of fused-ring (bicyclic) bond motifs is 1. The Morgan fingerprint density at radius 1 is 1.07 bits per heavy atom. The maximum atomic E-state index is 9.69. The molecule has 0 radical (unpaired) electrons. The summed E-state index contributed by atoms with van der Waals surface area (Å²) >= 11 is 0. The normalized spacial score (nSPS) is 19.5. The van der Waals surface area contributed by atoms with Crippen molar-refractivity contribution in [3.63, 3.8) is 0 Å². The average molecular weight is 378 g/mol. The van der Waals surface area contributed by atoms with Crippen LogP contribution in [0.2, 0.25) is 0 Å². The third-order valence-corrected chi connectivity index (χ3v) is 5.19. The lowest BCUT2D eigenvalue weighted by molar-refractivity contribution is 0.126. The quantitative estimate of drug-likeness (QED) is 0.609. The summed E-state index contributed by atoms with van der Waals surface area (Å²) in [4.78, 5) is 9.29. The highest BCUT2D eigenvalue weighted by atomic mass is 16.5. The van der Waals surface area contributed by atoms with E-state index in [1.807, 2.05) is 42.6 Å². The van der Waals surface area contributed by atoms with Gasteiger partial charge in [-0.15, -0.1) is 0 Å². The number of benzene rings is 2. The minimum absolute atomic E-state index is 0.168. The monoisotopic (exact) mass is 378 g/mol. The Morgan fingerprint density at radius 3 is 2.61 bits per heavy atom. The molecule has 146 valence electrons. The molecular weight excluding hydrogens is 352 g/mol. The van der Waals surface area contributed by atoms with E-state index >= 15 is 0 Å². The van der Waals surface area contributed by atoms with Gasteiger partial charge in [-0.25, -0.2) is 9.97 Å². The molecule has 0 saturated heterocycles. The Balaban J connectivity index is 1.59. The Labute approximate surface area is 164 Å².